The summed E-state index contributed by atoms with van der Waals surface area (Å²) < 4.78 is 11.9. The van der Waals surface area contributed by atoms with Crippen LogP contribution in [0.2, 0.25) is 5.82 Å². The van der Waals surface area contributed by atoms with Gasteiger partial charge in [-0.15, -0.1) is 0 Å². The van der Waals surface area contributed by atoms with Gasteiger partial charge in [-0.3, -0.25) is 4.79 Å². The molecule has 16 heavy (non-hydrogen) atoms. The van der Waals surface area contributed by atoms with Crippen LogP contribution >= 0.6 is 0 Å². The summed E-state index contributed by atoms with van der Waals surface area (Å²) in [5.41, 5.74) is -0.600. The first kappa shape index (κ1) is 11.9. The van der Waals surface area contributed by atoms with Crippen LogP contribution in [-0.2, 0) is 14.1 Å². The molecule has 2 aliphatic rings. The van der Waals surface area contributed by atoms with Crippen molar-refractivity contribution in [3.05, 3.63) is 0 Å². The standard InChI is InChI=1S/C11H20BNO3/c1-10(2)11(3,4)16-12(15-10)8-5-6-13-9(14)7-8/h8H,5-7H2,1-4H3,(H,13,14). The second-order valence-electron chi connectivity index (χ2n) is 5.73. The molecule has 0 aromatic heterocycles. The Labute approximate surface area is 97.2 Å². The normalized spacial score (nSPS) is 32.6. The van der Waals surface area contributed by atoms with E-state index in [0.29, 0.717) is 6.42 Å². The summed E-state index contributed by atoms with van der Waals surface area (Å²) >= 11 is 0. The minimum Gasteiger partial charge on any atom is -0.403 e. The summed E-state index contributed by atoms with van der Waals surface area (Å²) in [6, 6.07) is 0. The van der Waals surface area contributed by atoms with Gasteiger partial charge in [0, 0.05) is 18.8 Å². The molecule has 2 rings (SSSR count). The van der Waals surface area contributed by atoms with Gasteiger partial charge in [0.05, 0.1) is 11.2 Å². The van der Waals surface area contributed by atoms with Crippen molar-refractivity contribution < 1.29 is 14.1 Å². The third-order valence-corrected chi connectivity index (χ3v) is 3.94. The number of hydrogen-bond acceptors (Lipinski definition) is 3. The zero-order valence-electron chi connectivity index (χ0n) is 10.5. The Kier molecular flexibility index (Phi) is 2.79. The largest absolute Gasteiger partial charge is 0.461 e. The Balaban J connectivity index is 2.05. The molecule has 0 aliphatic carbocycles. The van der Waals surface area contributed by atoms with Crippen molar-refractivity contribution in [2.45, 2.75) is 57.6 Å². The number of piperidine rings is 1. The average Bonchev–Trinajstić information content (AvgIpc) is 2.36. The van der Waals surface area contributed by atoms with E-state index in [-0.39, 0.29) is 30.0 Å². The average molecular weight is 225 g/mol. The summed E-state index contributed by atoms with van der Waals surface area (Å²) in [6.07, 6.45) is 1.44. The lowest BCUT2D eigenvalue weighted by Gasteiger charge is -2.32. The first-order valence-electron chi connectivity index (χ1n) is 5.94. The Bertz CT molecular complexity index is 288. The van der Waals surface area contributed by atoms with Crippen molar-refractivity contribution in [2.24, 2.45) is 0 Å². The van der Waals surface area contributed by atoms with Crippen molar-refractivity contribution in [1.82, 2.24) is 5.32 Å². The summed E-state index contributed by atoms with van der Waals surface area (Å²) in [6.45, 7) is 8.88. The molecule has 4 nitrogen and oxygen atoms in total. The Morgan fingerprint density at radius 2 is 1.81 bits per heavy atom. The summed E-state index contributed by atoms with van der Waals surface area (Å²) in [4.78, 5) is 11.3. The Morgan fingerprint density at radius 1 is 1.25 bits per heavy atom. The molecule has 2 heterocycles. The van der Waals surface area contributed by atoms with Crippen molar-refractivity contribution in [3.63, 3.8) is 0 Å². The zero-order chi connectivity index (χ0) is 12.0. The molecule has 0 saturated carbocycles. The fourth-order valence-corrected chi connectivity index (χ4v) is 2.12. The highest BCUT2D eigenvalue weighted by Gasteiger charge is 2.54. The minimum absolute atomic E-state index is 0.103. The van der Waals surface area contributed by atoms with Crippen LogP contribution in [0.4, 0.5) is 0 Å². The second kappa shape index (κ2) is 3.74. The van der Waals surface area contributed by atoms with E-state index in [2.05, 4.69) is 5.32 Å². The van der Waals surface area contributed by atoms with Crippen molar-refractivity contribution in [1.29, 1.82) is 0 Å². The van der Waals surface area contributed by atoms with Crippen LogP contribution in [0.5, 0.6) is 0 Å². The molecule has 0 radical (unpaired) electrons. The topological polar surface area (TPSA) is 47.6 Å². The van der Waals surface area contributed by atoms with Gasteiger partial charge in [-0.2, -0.15) is 0 Å². The number of nitrogens with one attached hydrogen (secondary N) is 1. The number of rotatable bonds is 1. The highest BCUT2D eigenvalue weighted by molar-refractivity contribution is 6.48. The van der Waals surface area contributed by atoms with Crippen LogP contribution in [0.3, 0.4) is 0 Å². The van der Waals surface area contributed by atoms with E-state index >= 15 is 0 Å². The second-order valence-corrected chi connectivity index (χ2v) is 5.73. The lowest BCUT2D eigenvalue weighted by Crippen LogP contribution is -2.41. The van der Waals surface area contributed by atoms with E-state index in [1.807, 2.05) is 27.7 Å². The Hall–Kier alpha value is -0.545. The monoisotopic (exact) mass is 225 g/mol. The maximum Gasteiger partial charge on any atom is 0.461 e. The lowest BCUT2D eigenvalue weighted by atomic mass is 9.67. The van der Waals surface area contributed by atoms with E-state index in [0.717, 1.165) is 13.0 Å². The fraction of sp³-hybridized carbons (Fsp3) is 0.909. The molecule has 90 valence electrons. The van der Waals surface area contributed by atoms with Gasteiger partial charge in [0.25, 0.3) is 0 Å². The third kappa shape index (κ3) is 1.98. The van der Waals surface area contributed by atoms with Crippen molar-refractivity contribution >= 4 is 13.0 Å². The van der Waals surface area contributed by atoms with Crippen LogP contribution in [0.25, 0.3) is 0 Å². The van der Waals surface area contributed by atoms with Crippen molar-refractivity contribution in [3.8, 4) is 0 Å². The summed E-state index contributed by atoms with van der Waals surface area (Å²) in [5, 5.41) is 2.83. The number of hydrogen-bond donors (Lipinski definition) is 1. The first-order chi connectivity index (χ1) is 7.32. The maximum atomic E-state index is 11.3. The van der Waals surface area contributed by atoms with Gasteiger partial charge < -0.3 is 14.6 Å². The summed E-state index contributed by atoms with van der Waals surface area (Å²) in [5.74, 6) is 0.292. The molecule has 2 fully saturated rings. The third-order valence-electron chi connectivity index (χ3n) is 3.94. The molecule has 1 amide bonds. The molecular weight excluding hydrogens is 205 g/mol. The molecule has 1 atom stereocenters. The quantitative estimate of drug-likeness (QED) is 0.685. The van der Waals surface area contributed by atoms with Crippen LogP contribution in [0, 0.1) is 0 Å². The van der Waals surface area contributed by atoms with E-state index in [1.54, 1.807) is 0 Å². The predicted octanol–water partition coefficient (Wildman–Crippen LogP) is 1.36. The molecule has 2 aliphatic heterocycles. The molecule has 0 aromatic rings. The van der Waals surface area contributed by atoms with Crippen molar-refractivity contribution in [2.75, 3.05) is 6.54 Å². The number of carbonyl (C=O) groups excluding carboxylic acids is 1. The van der Waals surface area contributed by atoms with E-state index < -0.39 is 0 Å². The fourth-order valence-electron chi connectivity index (χ4n) is 2.12. The number of carbonyl (C=O) groups is 1. The van der Waals surface area contributed by atoms with E-state index in [4.69, 9.17) is 9.31 Å². The van der Waals surface area contributed by atoms with Crippen LogP contribution < -0.4 is 5.32 Å². The highest BCUT2D eigenvalue weighted by Crippen LogP contribution is 2.41. The first-order valence-corrected chi connectivity index (χ1v) is 5.94. The van der Waals surface area contributed by atoms with Gasteiger partial charge in [0.15, 0.2) is 0 Å². The molecule has 1 N–H and O–H groups in total. The molecule has 0 aromatic carbocycles. The van der Waals surface area contributed by atoms with Gasteiger partial charge in [-0.1, -0.05) is 0 Å². The SMILES string of the molecule is CC1(C)OB(C2CCNC(=O)C2)OC1(C)C. The predicted molar refractivity (Wildman–Crippen MR) is 62.1 cm³/mol. The van der Waals surface area contributed by atoms with Gasteiger partial charge >= 0.3 is 7.12 Å². The maximum absolute atomic E-state index is 11.3. The number of amides is 1. The summed E-state index contributed by atoms with van der Waals surface area (Å²) in [7, 11) is -0.240. The molecule has 1 unspecified atom stereocenters. The lowest BCUT2D eigenvalue weighted by molar-refractivity contribution is -0.122. The zero-order valence-corrected chi connectivity index (χ0v) is 10.5. The highest BCUT2D eigenvalue weighted by atomic mass is 16.7. The molecule has 5 heteroatoms. The van der Waals surface area contributed by atoms with Gasteiger partial charge in [0.1, 0.15) is 0 Å². The molecule has 0 spiro atoms. The van der Waals surface area contributed by atoms with Gasteiger partial charge in [0.2, 0.25) is 5.91 Å². The van der Waals surface area contributed by atoms with E-state index in [9.17, 15) is 4.79 Å². The van der Waals surface area contributed by atoms with Crippen LogP contribution in [0.1, 0.15) is 40.5 Å². The van der Waals surface area contributed by atoms with Crippen LogP contribution in [-0.4, -0.2) is 30.8 Å². The van der Waals surface area contributed by atoms with E-state index in [1.165, 1.54) is 0 Å². The molecule has 2 saturated heterocycles. The minimum atomic E-state index is -0.300. The van der Waals surface area contributed by atoms with Gasteiger partial charge in [-0.05, 0) is 34.1 Å². The Morgan fingerprint density at radius 3 is 2.31 bits per heavy atom. The van der Waals surface area contributed by atoms with Gasteiger partial charge in [-0.25, -0.2) is 0 Å². The molecular formula is C11H20BNO3. The molecule has 0 bridgehead atoms. The van der Waals surface area contributed by atoms with Crippen LogP contribution in [0.15, 0.2) is 0 Å². The smallest absolute Gasteiger partial charge is 0.403 e.